The lowest BCUT2D eigenvalue weighted by atomic mass is 10.1. The first-order valence-corrected chi connectivity index (χ1v) is 6.46. The Hall–Kier alpha value is -2.15. The summed E-state index contributed by atoms with van der Waals surface area (Å²) in [6.07, 6.45) is 1.60. The monoisotopic (exact) mass is 281 g/mol. The van der Waals surface area contributed by atoms with Crippen molar-refractivity contribution in [1.29, 1.82) is 0 Å². The van der Waals surface area contributed by atoms with Crippen LogP contribution < -0.4 is 11.1 Å². The zero-order valence-corrected chi connectivity index (χ0v) is 11.4. The van der Waals surface area contributed by atoms with Crippen LogP contribution in [0.15, 0.2) is 18.2 Å². The van der Waals surface area contributed by atoms with Crippen LogP contribution in [0, 0.1) is 10.1 Å². The number of nitro benzene ring substituents is 1. The van der Waals surface area contributed by atoms with E-state index in [4.69, 9.17) is 10.5 Å². The van der Waals surface area contributed by atoms with E-state index in [0.29, 0.717) is 26.2 Å². The number of nitrogen functional groups attached to an aromatic ring is 1. The van der Waals surface area contributed by atoms with Crippen molar-refractivity contribution in [3.63, 3.8) is 0 Å². The number of rotatable bonds is 8. The molecule has 0 bridgehead atoms. The van der Waals surface area contributed by atoms with Crippen LogP contribution in [0.3, 0.4) is 0 Å². The van der Waals surface area contributed by atoms with Gasteiger partial charge in [-0.1, -0.05) is 13.0 Å². The molecule has 0 unspecified atom stereocenters. The van der Waals surface area contributed by atoms with Gasteiger partial charge in [0.05, 0.1) is 4.92 Å². The van der Waals surface area contributed by atoms with Crippen molar-refractivity contribution in [1.82, 2.24) is 5.32 Å². The standard InChI is InChI=1S/C13H19N3O4/c1-2-8-20-9-4-7-15-13(17)10-5-3-6-11(14)12(10)16(18)19/h3,5-6H,2,4,7-9,14H2,1H3,(H,15,17). The number of hydrogen-bond acceptors (Lipinski definition) is 5. The van der Waals surface area contributed by atoms with Crippen molar-refractivity contribution >= 4 is 17.3 Å². The van der Waals surface area contributed by atoms with Gasteiger partial charge in [0.15, 0.2) is 0 Å². The molecule has 0 heterocycles. The number of carbonyl (C=O) groups is 1. The van der Waals surface area contributed by atoms with Gasteiger partial charge in [-0.05, 0) is 25.0 Å². The maximum absolute atomic E-state index is 11.9. The predicted molar refractivity (Wildman–Crippen MR) is 75.6 cm³/mol. The number of benzene rings is 1. The second kappa shape index (κ2) is 8.11. The van der Waals surface area contributed by atoms with Crippen molar-refractivity contribution in [3.05, 3.63) is 33.9 Å². The van der Waals surface area contributed by atoms with Gasteiger partial charge < -0.3 is 15.8 Å². The van der Waals surface area contributed by atoms with E-state index in [9.17, 15) is 14.9 Å². The number of ether oxygens (including phenoxy) is 1. The van der Waals surface area contributed by atoms with E-state index in [0.717, 1.165) is 6.42 Å². The lowest BCUT2D eigenvalue weighted by Gasteiger charge is -2.07. The Labute approximate surface area is 117 Å². The van der Waals surface area contributed by atoms with E-state index in [2.05, 4.69) is 5.32 Å². The van der Waals surface area contributed by atoms with Crippen LogP contribution in [0.1, 0.15) is 30.1 Å². The number of nitrogens with zero attached hydrogens (tertiary/aromatic N) is 1. The fourth-order valence-electron chi connectivity index (χ4n) is 1.67. The Morgan fingerprint density at radius 1 is 1.45 bits per heavy atom. The number of hydrogen-bond donors (Lipinski definition) is 2. The third kappa shape index (κ3) is 4.51. The average molecular weight is 281 g/mol. The van der Waals surface area contributed by atoms with Crippen LogP contribution in [-0.4, -0.2) is 30.6 Å². The first kappa shape index (κ1) is 15.9. The van der Waals surface area contributed by atoms with Crippen molar-refractivity contribution in [3.8, 4) is 0 Å². The minimum Gasteiger partial charge on any atom is -0.393 e. The fraction of sp³-hybridized carbons (Fsp3) is 0.462. The summed E-state index contributed by atoms with van der Waals surface area (Å²) < 4.78 is 5.27. The van der Waals surface area contributed by atoms with Crippen molar-refractivity contribution in [2.75, 3.05) is 25.5 Å². The molecule has 110 valence electrons. The molecule has 0 spiro atoms. The topological polar surface area (TPSA) is 107 Å². The zero-order valence-electron chi connectivity index (χ0n) is 11.4. The number of nitro groups is 1. The highest BCUT2D eigenvalue weighted by molar-refractivity contribution is 6.00. The van der Waals surface area contributed by atoms with E-state index < -0.39 is 10.8 Å². The Morgan fingerprint density at radius 2 is 2.20 bits per heavy atom. The molecule has 0 fully saturated rings. The molecule has 0 atom stereocenters. The van der Waals surface area contributed by atoms with E-state index in [1.807, 2.05) is 6.92 Å². The Bertz CT molecular complexity index is 477. The quantitative estimate of drug-likeness (QED) is 0.326. The van der Waals surface area contributed by atoms with Crippen molar-refractivity contribution < 1.29 is 14.5 Å². The molecule has 7 heteroatoms. The maximum Gasteiger partial charge on any atom is 0.304 e. The van der Waals surface area contributed by atoms with Gasteiger partial charge in [0.25, 0.3) is 5.91 Å². The molecule has 1 aromatic carbocycles. The van der Waals surface area contributed by atoms with Crippen LogP contribution in [0.25, 0.3) is 0 Å². The second-order valence-electron chi connectivity index (χ2n) is 4.22. The molecule has 20 heavy (non-hydrogen) atoms. The summed E-state index contributed by atoms with van der Waals surface area (Å²) in [7, 11) is 0. The summed E-state index contributed by atoms with van der Waals surface area (Å²) in [5.74, 6) is -0.500. The SMILES string of the molecule is CCCOCCCNC(=O)c1cccc(N)c1[N+](=O)[O-]. The molecule has 0 radical (unpaired) electrons. The highest BCUT2D eigenvalue weighted by Crippen LogP contribution is 2.25. The summed E-state index contributed by atoms with van der Waals surface area (Å²) in [5, 5.41) is 13.5. The van der Waals surface area contributed by atoms with E-state index in [1.54, 1.807) is 0 Å². The minimum absolute atomic E-state index is 0.0195. The number of nitrogens with one attached hydrogen (secondary N) is 1. The number of para-hydroxylation sites is 1. The normalized spacial score (nSPS) is 10.2. The fourth-order valence-corrected chi connectivity index (χ4v) is 1.67. The molecule has 1 aromatic rings. The van der Waals surface area contributed by atoms with Gasteiger partial charge in [0, 0.05) is 19.8 Å². The molecule has 1 rings (SSSR count). The first-order chi connectivity index (χ1) is 9.57. The van der Waals surface area contributed by atoms with E-state index in [1.165, 1.54) is 18.2 Å². The van der Waals surface area contributed by atoms with Crippen LogP contribution >= 0.6 is 0 Å². The Balaban J connectivity index is 2.56. The molecule has 7 nitrogen and oxygen atoms in total. The summed E-state index contributed by atoms with van der Waals surface area (Å²) in [6.45, 7) is 3.65. The van der Waals surface area contributed by atoms with Gasteiger partial charge in [0.2, 0.25) is 0 Å². The van der Waals surface area contributed by atoms with Crippen LogP contribution in [0.5, 0.6) is 0 Å². The molecule has 0 aliphatic heterocycles. The predicted octanol–water partition coefficient (Wildman–Crippen LogP) is 1.72. The van der Waals surface area contributed by atoms with Gasteiger partial charge in [-0.15, -0.1) is 0 Å². The lowest BCUT2D eigenvalue weighted by molar-refractivity contribution is -0.384. The molecule has 0 aliphatic carbocycles. The van der Waals surface area contributed by atoms with Crippen LogP contribution in [0.2, 0.25) is 0 Å². The number of anilines is 1. The summed E-state index contributed by atoms with van der Waals surface area (Å²) in [6, 6.07) is 4.30. The average Bonchev–Trinajstić information content (AvgIpc) is 2.41. The number of carbonyl (C=O) groups excluding carboxylic acids is 1. The van der Waals surface area contributed by atoms with Crippen LogP contribution in [0.4, 0.5) is 11.4 Å². The largest absolute Gasteiger partial charge is 0.393 e. The van der Waals surface area contributed by atoms with Gasteiger partial charge >= 0.3 is 5.69 Å². The van der Waals surface area contributed by atoms with Crippen molar-refractivity contribution in [2.24, 2.45) is 0 Å². The Kier molecular flexibility index (Phi) is 6.45. The van der Waals surface area contributed by atoms with Gasteiger partial charge in [-0.3, -0.25) is 14.9 Å². The van der Waals surface area contributed by atoms with Gasteiger partial charge in [0.1, 0.15) is 11.3 Å². The molecule has 0 aromatic heterocycles. The molecular formula is C13H19N3O4. The van der Waals surface area contributed by atoms with Crippen molar-refractivity contribution in [2.45, 2.75) is 19.8 Å². The summed E-state index contributed by atoms with van der Waals surface area (Å²) >= 11 is 0. The second-order valence-corrected chi connectivity index (χ2v) is 4.22. The zero-order chi connectivity index (χ0) is 15.0. The van der Waals surface area contributed by atoms with E-state index in [-0.39, 0.29) is 16.9 Å². The molecule has 1 amide bonds. The smallest absolute Gasteiger partial charge is 0.304 e. The lowest BCUT2D eigenvalue weighted by Crippen LogP contribution is -2.26. The summed E-state index contributed by atoms with van der Waals surface area (Å²) in [5.41, 5.74) is 5.13. The third-order valence-corrected chi connectivity index (χ3v) is 2.59. The number of amides is 1. The third-order valence-electron chi connectivity index (χ3n) is 2.59. The molecule has 0 saturated heterocycles. The summed E-state index contributed by atoms with van der Waals surface area (Å²) in [4.78, 5) is 22.2. The van der Waals surface area contributed by atoms with E-state index >= 15 is 0 Å². The maximum atomic E-state index is 11.9. The molecular weight excluding hydrogens is 262 g/mol. The molecule has 3 N–H and O–H groups in total. The first-order valence-electron chi connectivity index (χ1n) is 6.46. The molecule has 0 saturated carbocycles. The number of nitrogens with two attached hydrogens (primary N) is 1. The van der Waals surface area contributed by atoms with Crippen LogP contribution in [-0.2, 0) is 4.74 Å². The minimum atomic E-state index is -0.644. The Morgan fingerprint density at radius 3 is 2.85 bits per heavy atom. The van der Waals surface area contributed by atoms with Gasteiger partial charge in [-0.2, -0.15) is 0 Å². The van der Waals surface area contributed by atoms with Gasteiger partial charge in [-0.25, -0.2) is 0 Å². The highest BCUT2D eigenvalue weighted by Gasteiger charge is 2.22. The molecule has 0 aliphatic rings. The highest BCUT2D eigenvalue weighted by atomic mass is 16.6.